The number of carboxylic acid groups (broad SMARTS) is 1. The standard InChI is InChI=1S/C14H11BrFNO2/c15-8-13-12(14(18)19)5-4-11(17-13)7-9-2-1-3-10(16)6-9/h1-6H,7-8H2,(H,18,19). The topological polar surface area (TPSA) is 50.2 Å². The van der Waals surface area contributed by atoms with E-state index in [1.807, 2.05) is 6.07 Å². The van der Waals surface area contributed by atoms with Gasteiger partial charge in [0.25, 0.3) is 0 Å². The molecule has 1 aromatic heterocycles. The fourth-order valence-corrected chi connectivity index (χ4v) is 2.23. The van der Waals surface area contributed by atoms with Gasteiger partial charge in [0.05, 0.1) is 11.3 Å². The Hall–Kier alpha value is -1.75. The molecule has 0 bridgehead atoms. The van der Waals surface area contributed by atoms with Crippen LogP contribution < -0.4 is 0 Å². The van der Waals surface area contributed by atoms with Crippen LogP contribution in [0.4, 0.5) is 4.39 Å². The second kappa shape index (κ2) is 5.93. The zero-order chi connectivity index (χ0) is 13.8. The molecule has 1 aromatic carbocycles. The number of aromatic nitrogens is 1. The van der Waals surface area contributed by atoms with E-state index >= 15 is 0 Å². The summed E-state index contributed by atoms with van der Waals surface area (Å²) >= 11 is 3.22. The van der Waals surface area contributed by atoms with Gasteiger partial charge in [-0.25, -0.2) is 9.18 Å². The normalized spacial score (nSPS) is 10.4. The maximum absolute atomic E-state index is 13.1. The lowest BCUT2D eigenvalue weighted by Crippen LogP contribution is -2.05. The van der Waals surface area contributed by atoms with E-state index in [4.69, 9.17) is 5.11 Å². The highest BCUT2D eigenvalue weighted by atomic mass is 79.9. The monoisotopic (exact) mass is 323 g/mol. The first kappa shape index (κ1) is 13.7. The molecule has 3 nitrogen and oxygen atoms in total. The average Bonchev–Trinajstić information content (AvgIpc) is 2.38. The van der Waals surface area contributed by atoms with E-state index in [1.165, 1.54) is 18.2 Å². The first-order valence-electron chi connectivity index (χ1n) is 5.62. The van der Waals surface area contributed by atoms with E-state index < -0.39 is 5.97 Å². The van der Waals surface area contributed by atoms with E-state index in [2.05, 4.69) is 20.9 Å². The van der Waals surface area contributed by atoms with Gasteiger partial charge in [-0.05, 0) is 29.8 Å². The van der Waals surface area contributed by atoms with Crippen molar-refractivity contribution in [2.24, 2.45) is 0 Å². The number of pyridine rings is 1. The summed E-state index contributed by atoms with van der Waals surface area (Å²) in [6, 6.07) is 9.46. The van der Waals surface area contributed by atoms with Crippen molar-refractivity contribution in [3.63, 3.8) is 0 Å². The summed E-state index contributed by atoms with van der Waals surface area (Å²) < 4.78 is 13.1. The minimum Gasteiger partial charge on any atom is -0.478 e. The molecule has 1 N–H and O–H groups in total. The lowest BCUT2D eigenvalue weighted by Gasteiger charge is -2.06. The molecule has 0 spiro atoms. The maximum Gasteiger partial charge on any atom is 0.337 e. The summed E-state index contributed by atoms with van der Waals surface area (Å²) in [5.74, 6) is -1.29. The highest BCUT2D eigenvalue weighted by molar-refractivity contribution is 9.08. The van der Waals surface area contributed by atoms with Crippen LogP contribution in [0.3, 0.4) is 0 Å². The molecule has 0 saturated heterocycles. The van der Waals surface area contributed by atoms with Crippen molar-refractivity contribution < 1.29 is 14.3 Å². The molecule has 2 rings (SSSR count). The van der Waals surface area contributed by atoms with Gasteiger partial charge in [-0.15, -0.1) is 0 Å². The van der Waals surface area contributed by atoms with Crippen LogP contribution in [-0.2, 0) is 11.8 Å². The first-order valence-corrected chi connectivity index (χ1v) is 6.75. The summed E-state index contributed by atoms with van der Waals surface area (Å²) in [6.45, 7) is 0. The summed E-state index contributed by atoms with van der Waals surface area (Å²) in [7, 11) is 0. The van der Waals surface area contributed by atoms with Crippen molar-refractivity contribution in [1.82, 2.24) is 4.98 Å². The van der Waals surface area contributed by atoms with Crippen molar-refractivity contribution in [2.45, 2.75) is 11.8 Å². The number of halogens is 2. The van der Waals surface area contributed by atoms with E-state index in [-0.39, 0.29) is 11.4 Å². The number of alkyl halides is 1. The zero-order valence-electron chi connectivity index (χ0n) is 9.94. The van der Waals surface area contributed by atoms with Crippen LogP contribution in [0.15, 0.2) is 36.4 Å². The third kappa shape index (κ3) is 3.38. The number of rotatable bonds is 4. The van der Waals surface area contributed by atoms with Gasteiger partial charge in [-0.3, -0.25) is 4.98 Å². The van der Waals surface area contributed by atoms with E-state index in [0.717, 1.165) is 5.56 Å². The van der Waals surface area contributed by atoms with Crippen molar-refractivity contribution >= 4 is 21.9 Å². The van der Waals surface area contributed by atoms with Crippen LogP contribution in [0.5, 0.6) is 0 Å². The minimum absolute atomic E-state index is 0.180. The van der Waals surface area contributed by atoms with Gasteiger partial charge < -0.3 is 5.11 Å². The maximum atomic E-state index is 13.1. The number of aromatic carboxylic acids is 1. The number of hydrogen-bond acceptors (Lipinski definition) is 2. The molecule has 5 heteroatoms. The summed E-state index contributed by atoms with van der Waals surface area (Å²) in [6.07, 6.45) is 0.470. The van der Waals surface area contributed by atoms with Gasteiger partial charge in [-0.2, -0.15) is 0 Å². The Bertz CT molecular complexity index is 616. The minimum atomic E-state index is -1.00. The zero-order valence-corrected chi connectivity index (χ0v) is 11.5. The molecule has 0 radical (unpaired) electrons. The van der Waals surface area contributed by atoms with Crippen molar-refractivity contribution in [3.8, 4) is 0 Å². The SMILES string of the molecule is O=C(O)c1ccc(Cc2cccc(F)c2)nc1CBr. The predicted molar refractivity (Wildman–Crippen MR) is 73.0 cm³/mol. The van der Waals surface area contributed by atoms with Gasteiger partial charge in [0.2, 0.25) is 0 Å². The van der Waals surface area contributed by atoms with Crippen LogP contribution in [0, 0.1) is 5.82 Å². The summed E-state index contributed by atoms with van der Waals surface area (Å²) in [5, 5.41) is 9.37. The van der Waals surface area contributed by atoms with Crippen molar-refractivity contribution in [3.05, 3.63) is 64.7 Å². The molecular formula is C14H11BrFNO2. The fourth-order valence-electron chi connectivity index (χ4n) is 1.80. The van der Waals surface area contributed by atoms with Crippen molar-refractivity contribution in [1.29, 1.82) is 0 Å². The highest BCUT2D eigenvalue weighted by Crippen LogP contribution is 2.15. The Morgan fingerprint density at radius 3 is 2.74 bits per heavy atom. The van der Waals surface area contributed by atoms with E-state index in [0.29, 0.717) is 23.1 Å². The number of hydrogen-bond donors (Lipinski definition) is 1. The van der Waals surface area contributed by atoms with Gasteiger partial charge in [-0.1, -0.05) is 28.1 Å². The third-order valence-electron chi connectivity index (χ3n) is 2.66. The molecule has 19 heavy (non-hydrogen) atoms. The molecule has 2 aromatic rings. The second-order valence-corrected chi connectivity index (χ2v) is 4.60. The smallest absolute Gasteiger partial charge is 0.337 e. The van der Waals surface area contributed by atoms with Gasteiger partial charge in [0, 0.05) is 17.4 Å². The lowest BCUT2D eigenvalue weighted by molar-refractivity contribution is 0.0695. The van der Waals surface area contributed by atoms with Gasteiger partial charge in [0.15, 0.2) is 0 Å². The van der Waals surface area contributed by atoms with Crippen LogP contribution in [-0.4, -0.2) is 16.1 Å². The van der Waals surface area contributed by atoms with E-state index in [1.54, 1.807) is 12.1 Å². The number of carbonyl (C=O) groups is 1. The number of benzene rings is 1. The molecule has 0 aliphatic rings. The first-order chi connectivity index (χ1) is 9.10. The Kier molecular flexibility index (Phi) is 4.27. The second-order valence-electron chi connectivity index (χ2n) is 4.04. The summed E-state index contributed by atoms with van der Waals surface area (Å²) in [5.41, 5.74) is 2.17. The Labute approximate surface area is 118 Å². The Morgan fingerprint density at radius 1 is 1.32 bits per heavy atom. The quantitative estimate of drug-likeness (QED) is 0.877. The molecule has 0 aliphatic heterocycles. The molecule has 0 saturated carbocycles. The van der Waals surface area contributed by atoms with Crippen LogP contribution >= 0.6 is 15.9 Å². The molecule has 98 valence electrons. The van der Waals surface area contributed by atoms with Crippen LogP contribution in [0.25, 0.3) is 0 Å². The molecule has 0 atom stereocenters. The lowest BCUT2D eigenvalue weighted by atomic mass is 10.1. The van der Waals surface area contributed by atoms with Crippen LogP contribution in [0.1, 0.15) is 27.3 Å². The van der Waals surface area contributed by atoms with Gasteiger partial charge >= 0.3 is 5.97 Å². The Morgan fingerprint density at radius 2 is 2.11 bits per heavy atom. The molecule has 0 fully saturated rings. The molecule has 0 aliphatic carbocycles. The Balaban J connectivity index is 2.29. The van der Waals surface area contributed by atoms with Gasteiger partial charge in [0.1, 0.15) is 5.82 Å². The van der Waals surface area contributed by atoms with Crippen LogP contribution in [0.2, 0.25) is 0 Å². The number of nitrogens with zero attached hydrogens (tertiary/aromatic N) is 1. The highest BCUT2D eigenvalue weighted by Gasteiger charge is 2.11. The average molecular weight is 324 g/mol. The molecule has 0 unspecified atom stereocenters. The van der Waals surface area contributed by atoms with E-state index in [9.17, 15) is 9.18 Å². The predicted octanol–water partition coefficient (Wildman–Crippen LogP) is 3.40. The molecule has 1 heterocycles. The number of carboxylic acids is 1. The van der Waals surface area contributed by atoms with Crippen molar-refractivity contribution in [2.75, 3.05) is 0 Å². The third-order valence-corrected chi connectivity index (χ3v) is 3.19. The summed E-state index contributed by atoms with van der Waals surface area (Å²) in [4.78, 5) is 15.3. The largest absolute Gasteiger partial charge is 0.478 e. The fraction of sp³-hybridized carbons (Fsp3) is 0.143. The molecule has 0 amide bonds. The molecular weight excluding hydrogens is 313 g/mol.